The van der Waals surface area contributed by atoms with Crippen LogP contribution in [-0.4, -0.2) is 44.6 Å². The quantitative estimate of drug-likeness (QED) is 0.535. The van der Waals surface area contributed by atoms with Gasteiger partial charge in [-0.15, -0.1) is 0 Å². The zero-order valence-electron chi connectivity index (χ0n) is 16.7. The summed E-state index contributed by atoms with van der Waals surface area (Å²) in [4.78, 5) is 26.6. The van der Waals surface area contributed by atoms with Gasteiger partial charge in [0.2, 0.25) is 0 Å². The van der Waals surface area contributed by atoms with Gasteiger partial charge in [0, 0.05) is 49.8 Å². The van der Waals surface area contributed by atoms with Gasteiger partial charge >= 0.3 is 0 Å². The standard InChI is InChI=1S/C21H25ClN4O3/c1-24(2)17-8-5-15(6-9-17)20(25-11-3-4-12-25)14-23-21(27)16-7-10-18(22)19(13-16)26(28)29/h5-10,13,20H,3-4,11-12,14H2,1-2H3,(H,23,27)/p+1/t20-/m0/s1. The number of halogens is 1. The first-order chi connectivity index (χ1) is 13.9. The predicted octanol–water partition coefficient (Wildman–Crippen LogP) is 2.46. The fraction of sp³-hybridized carbons (Fsp3) is 0.381. The van der Waals surface area contributed by atoms with E-state index in [2.05, 4.69) is 34.5 Å². The monoisotopic (exact) mass is 417 g/mol. The van der Waals surface area contributed by atoms with Crippen molar-refractivity contribution in [1.29, 1.82) is 0 Å². The number of quaternary nitrogens is 1. The molecule has 0 aliphatic carbocycles. The Balaban J connectivity index is 1.75. The van der Waals surface area contributed by atoms with Crippen LogP contribution in [0.5, 0.6) is 0 Å². The molecule has 1 fully saturated rings. The lowest BCUT2D eigenvalue weighted by atomic mass is 10.0. The molecular formula is C21H26ClN4O3+. The lowest BCUT2D eigenvalue weighted by Crippen LogP contribution is -3.11. The molecule has 0 radical (unpaired) electrons. The van der Waals surface area contributed by atoms with Gasteiger partial charge in [-0.25, -0.2) is 0 Å². The van der Waals surface area contributed by atoms with Crippen LogP contribution in [0.3, 0.4) is 0 Å². The Morgan fingerprint density at radius 1 is 1.21 bits per heavy atom. The number of nitro groups is 1. The van der Waals surface area contributed by atoms with Crippen LogP contribution in [0.25, 0.3) is 0 Å². The summed E-state index contributed by atoms with van der Waals surface area (Å²) in [5.41, 5.74) is 2.27. The molecule has 1 saturated heterocycles. The van der Waals surface area contributed by atoms with Gasteiger partial charge in [0.1, 0.15) is 11.1 Å². The van der Waals surface area contributed by atoms with E-state index in [-0.39, 0.29) is 28.2 Å². The van der Waals surface area contributed by atoms with Gasteiger partial charge in [0.05, 0.1) is 24.6 Å². The van der Waals surface area contributed by atoms with E-state index in [1.165, 1.54) is 41.5 Å². The summed E-state index contributed by atoms with van der Waals surface area (Å²) in [6.07, 6.45) is 2.36. The average Bonchev–Trinajstić information content (AvgIpc) is 3.23. The highest BCUT2D eigenvalue weighted by Gasteiger charge is 2.28. The molecule has 154 valence electrons. The van der Waals surface area contributed by atoms with Gasteiger partial charge < -0.3 is 15.1 Å². The van der Waals surface area contributed by atoms with Crippen LogP contribution < -0.4 is 15.1 Å². The largest absolute Gasteiger partial charge is 0.378 e. The molecule has 2 N–H and O–H groups in total. The number of nitro benzene ring substituents is 1. The summed E-state index contributed by atoms with van der Waals surface area (Å²) in [5, 5.41) is 14.1. The van der Waals surface area contributed by atoms with Gasteiger partial charge in [0.15, 0.2) is 0 Å². The number of nitrogens with one attached hydrogen (secondary N) is 2. The lowest BCUT2D eigenvalue weighted by molar-refractivity contribution is -0.918. The normalized spacial score (nSPS) is 15.1. The Kier molecular flexibility index (Phi) is 6.71. The van der Waals surface area contributed by atoms with E-state index in [0.29, 0.717) is 6.54 Å². The van der Waals surface area contributed by atoms with Crippen molar-refractivity contribution in [3.63, 3.8) is 0 Å². The molecular weight excluding hydrogens is 392 g/mol. The van der Waals surface area contributed by atoms with Gasteiger partial charge in [-0.2, -0.15) is 0 Å². The van der Waals surface area contributed by atoms with E-state index in [1.807, 2.05) is 14.1 Å². The number of hydrogen-bond donors (Lipinski definition) is 2. The average molecular weight is 418 g/mol. The first kappa shape index (κ1) is 21.1. The maximum Gasteiger partial charge on any atom is 0.288 e. The number of nitrogens with zero attached hydrogens (tertiary/aromatic N) is 2. The van der Waals surface area contributed by atoms with E-state index in [9.17, 15) is 14.9 Å². The van der Waals surface area contributed by atoms with E-state index >= 15 is 0 Å². The third-order valence-corrected chi connectivity index (χ3v) is 5.74. The number of rotatable bonds is 7. The molecule has 3 rings (SSSR count). The van der Waals surface area contributed by atoms with E-state index in [0.717, 1.165) is 18.8 Å². The van der Waals surface area contributed by atoms with Crippen molar-refractivity contribution in [1.82, 2.24) is 5.32 Å². The van der Waals surface area contributed by atoms with Crippen molar-refractivity contribution in [2.24, 2.45) is 0 Å². The second kappa shape index (κ2) is 9.24. The number of carbonyl (C=O) groups is 1. The van der Waals surface area contributed by atoms with Crippen LogP contribution >= 0.6 is 11.6 Å². The second-order valence-corrected chi connectivity index (χ2v) is 7.94. The molecule has 1 atom stereocenters. The minimum absolute atomic E-state index is 0.0203. The summed E-state index contributed by atoms with van der Waals surface area (Å²) < 4.78 is 0. The molecule has 8 heteroatoms. The van der Waals surface area contributed by atoms with Crippen LogP contribution in [0, 0.1) is 10.1 Å². The number of carbonyl (C=O) groups excluding carboxylic acids is 1. The Hall–Kier alpha value is -2.64. The number of anilines is 1. The van der Waals surface area contributed by atoms with Crippen LogP contribution in [0.2, 0.25) is 5.02 Å². The first-order valence-corrected chi connectivity index (χ1v) is 10.1. The molecule has 7 nitrogen and oxygen atoms in total. The third-order valence-electron chi connectivity index (χ3n) is 5.42. The Morgan fingerprint density at radius 3 is 2.45 bits per heavy atom. The fourth-order valence-electron chi connectivity index (χ4n) is 3.77. The summed E-state index contributed by atoms with van der Waals surface area (Å²) in [6.45, 7) is 2.61. The zero-order chi connectivity index (χ0) is 21.0. The maximum absolute atomic E-state index is 12.6. The fourth-order valence-corrected chi connectivity index (χ4v) is 3.96. The van der Waals surface area contributed by atoms with Crippen molar-refractivity contribution in [2.75, 3.05) is 38.6 Å². The lowest BCUT2D eigenvalue weighted by Gasteiger charge is -2.26. The van der Waals surface area contributed by atoms with Crippen molar-refractivity contribution in [3.8, 4) is 0 Å². The van der Waals surface area contributed by atoms with Crippen LogP contribution in [0.1, 0.15) is 34.8 Å². The highest BCUT2D eigenvalue weighted by atomic mass is 35.5. The second-order valence-electron chi connectivity index (χ2n) is 7.54. The van der Waals surface area contributed by atoms with Gasteiger partial charge in [0.25, 0.3) is 11.6 Å². The molecule has 1 aliphatic heterocycles. The molecule has 29 heavy (non-hydrogen) atoms. The first-order valence-electron chi connectivity index (χ1n) is 9.71. The molecule has 0 unspecified atom stereocenters. The molecule has 0 aromatic heterocycles. The molecule has 0 saturated carbocycles. The van der Waals surface area contributed by atoms with Gasteiger partial charge in [-0.3, -0.25) is 14.9 Å². The number of amides is 1. The van der Waals surface area contributed by atoms with Crippen molar-refractivity contribution in [2.45, 2.75) is 18.9 Å². The molecule has 1 heterocycles. The van der Waals surface area contributed by atoms with E-state index in [1.54, 1.807) is 0 Å². The van der Waals surface area contributed by atoms with Gasteiger partial charge in [-0.1, -0.05) is 23.7 Å². The summed E-state index contributed by atoms with van der Waals surface area (Å²) >= 11 is 5.84. The van der Waals surface area contributed by atoms with E-state index < -0.39 is 4.92 Å². The minimum atomic E-state index is -0.581. The summed E-state index contributed by atoms with van der Waals surface area (Å²) in [7, 11) is 4.01. The Bertz CT molecular complexity index is 880. The van der Waals surface area contributed by atoms with Crippen molar-refractivity contribution < 1.29 is 14.6 Å². The summed E-state index contributed by atoms with van der Waals surface area (Å²) in [6, 6.07) is 12.7. The molecule has 1 amide bonds. The van der Waals surface area contributed by atoms with Crippen LogP contribution in [0.4, 0.5) is 11.4 Å². The topological polar surface area (TPSA) is 79.9 Å². The maximum atomic E-state index is 12.6. The number of likely N-dealkylation sites (tertiary alicyclic amines) is 1. The van der Waals surface area contributed by atoms with E-state index in [4.69, 9.17) is 11.6 Å². The third kappa shape index (κ3) is 5.05. The van der Waals surface area contributed by atoms with Crippen LogP contribution in [0.15, 0.2) is 42.5 Å². The zero-order valence-corrected chi connectivity index (χ0v) is 17.4. The smallest absolute Gasteiger partial charge is 0.288 e. The highest BCUT2D eigenvalue weighted by Crippen LogP contribution is 2.25. The molecule has 1 aliphatic rings. The van der Waals surface area contributed by atoms with Crippen molar-refractivity contribution >= 4 is 28.9 Å². The predicted molar refractivity (Wildman–Crippen MR) is 114 cm³/mol. The van der Waals surface area contributed by atoms with Crippen LogP contribution in [-0.2, 0) is 0 Å². The number of benzene rings is 2. The van der Waals surface area contributed by atoms with Gasteiger partial charge in [-0.05, 0) is 24.3 Å². The molecule has 0 bridgehead atoms. The molecule has 2 aromatic rings. The molecule has 0 spiro atoms. The highest BCUT2D eigenvalue weighted by molar-refractivity contribution is 6.32. The Morgan fingerprint density at radius 2 is 1.86 bits per heavy atom. The Labute approximate surface area is 175 Å². The summed E-state index contributed by atoms with van der Waals surface area (Å²) in [5.74, 6) is -0.335. The van der Waals surface area contributed by atoms with Crippen molar-refractivity contribution in [3.05, 3.63) is 68.7 Å². The SMILES string of the molecule is CN(C)c1ccc([C@H](CNC(=O)c2ccc(Cl)c([N+](=O)[O-])c2)[NH+]2CCCC2)cc1. The molecule has 2 aromatic carbocycles. The minimum Gasteiger partial charge on any atom is -0.378 e. The number of hydrogen-bond acceptors (Lipinski definition) is 4.